The predicted octanol–water partition coefficient (Wildman–Crippen LogP) is 5.72. The molecule has 27 heavy (non-hydrogen) atoms. The number of urea groups is 1. The summed E-state index contributed by atoms with van der Waals surface area (Å²) in [7, 11) is 0. The first-order chi connectivity index (χ1) is 12.9. The highest BCUT2D eigenvalue weighted by Crippen LogP contribution is 2.25. The fourth-order valence-electron chi connectivity index (χ4n) is 3.03. The van der Waals surface area contributed by atoms with E-state index in [9.17, 15) is 9.70 Å². The van der Waals surface area contributed by atoms with Crippen LogP contribution in [0.2, 0.25) is 0 Å². The van der Waals surface area contributed by atoms with Crippen LogP contribution in [-0.2, 0) is 5.54 Å². The van der Waals surface area contributed by atoms with Gasteiger partial charge in [0.05, 0.1) is 5.54 Å². The molecule has 0 aliphatic heterocycles. The van der Waals surface area contributed by atoms with Crippen LogP contribution in [0.25, 0.3) is 10.8 Å². The molecule has 0 aliphatic carbocycles. The Hall–Kier alpha value is -3.21. The molecular weight excluding hydrogens is 338 g/mol. The van der Waals surface area contributed by atoms with Gasteiger partial charge in [-0.05, 0) is 54.8 Å². The van der Waals surface area contributed by atoms with Crippen LogP contribution in [0.1, 0.15) is 37.9 Å². The summed E-state index contributed by atoms with van der Waals surface area (Å²) in [5.41, 5.74) is 1.85. The van der Waals surface area contributed by atoms with Crippen molar-refractivity contribution in [3.8, 4) is 0 Å². The van der Waals surface area contributed by atoms with Crippen LogP contribution >= 0.6 is 0 Å². The van der Waals surface area contributed by atoms with E-state index in [-0.39, 0.29) is 6.03 Å². The standard InChI is InChI=1S/C22H23N3O2/c1-15(25-27)17-9-6-10-19(13-17)22(2,3)24-21(26)23-20-12-11-16-7-4-5-8-18(16)14-20/h4-15H,1-3H3,(H2,23,24,26). The number of anilines is 1. The molecule has 0 fully saturated rings. The first-order valence-electron chi connectivity index (χ1n) is 8.90. The van der Waals surface area contributed by atoms with Crippen molar-refractivity contribution in [1.29, 1.82) is 0 Å². The van der Waals surface area contributed by atoms with Gasteiger partial charge in [-0.2, -0.15) is 4.91 Å². The van der Waals surface area contributed by atoms with Gasteiger partial charge in [0.2, 0.25) is 0 Å². The maximum Gasteiger partial charge on any atom is 0.319 e. The van der Waals surface area contributed by atoms with Gasteiger partial charge in [0, 0.05) is 5.69 Å². The number of benzene rings is 3. The molecule has 0 saturated carbocycles. The van der Waals surface area contributed by atoms with E-state index in [4.69, 9.17) is 0 Å². The van der Waals surface area contributed by atoms with Crippen molar-refractivity contribution in [2.45, 2.75) is 32.4 Å². The molecule has 0 spiro atoms. The van der Waals surface area contributed by atoms with E-state index >= 15 is 0 Å². The van der Waals surface area contributed by atoms with Crippen LogP contribution in [0.3, 0.4) is 0 Å². The summed E-state index contributed by atoms with van der Waals surface area (Å²) in [4.78, 5) is 23.3. The molecule has 1 atom stereocenters. The lowest BCUT2D eigenvalue weighted by atomic mass is 9.92. The predicted molar refractivity (Wildman–Crippen MR) is 110 cm³/mol. The van der Waals surface area contributed by atoms with Crippen molar-refractivity contribution in [2.24, 2.45) is 5.18 Å². The summed E-state index contributed by atoms with van der Waals surface area (Å²) >= 11 is 0. The molecule has 0 aromatic heterocycles. The Kier molecular flexibility index (Phi) is 5.21. The van der Waals surface area contributed by atoms with E-state index in [0.29, 0.717) is 0 Å². The number of nitroso groups, excluding NO2 is 1. The van der Waals surface area contributed by atoms with E-state index in [2.05, 4.69) is 15.8 Å². The third-order valence-corrected chi connectivity index (χ3v) is 4.68. The Morgan fingerprint density at radius 1 is 0.963 bits per heavy atom. The minimum Gasteiger partial charge on any atom is -0.329 e. The van der Waals surface area contributed by atoms with Crippen molar-refractivity contribution < 1.29 is 4.79 Å². The van der Waals surface area contributed by atoms with E-state index in [1.807, 2.05) is 80.6 Å². The van der Waals surface area contributed by atoms with Gasteiger partial charge >= 0.3 is 6.03 Å². The summed E-state index contributed by atoms with van der Waals surface area (Å²) in [5.74, 6) is 0. The highest BCUT2D eigenvalue weighted by molar-refractivity contribution is 5.93. The van der Waals surface area contributed by atoms with E-state index in [1.165, 1.54) is 0 Å². The number of nitrogens with one attached hydrogen (secondary N) is 2. The van der Waals surface area contributed by atoms with Crippen LogP contribution in [0.4, 0.5) is 10.5 Å². The van der Waals surface area contributed by atoms with Crippen LogP contribution in [-0.4, -0.2) is 6.03 Å². The average molecular weight is 361 g/mol. The summed E-state index contributed by atoms with van der Waals surface area (Å²) in [6.07, 6.45) is 0. The van der Waals surface area contributed by atoms with E-state index in [1.54, 1.807) is 6.92 Å². The first kappa shape index (κ1) is 18.6. The fourth-order valence-corrected chi connectivity index (χ4v) is 3.03. The highest BCUT2D eigenvalue weighted by Gasteiger charge is 2.24. The second kappa shape index (κ2) is 7.58. The SMILES string of the molecule is CC(N=O)c1cccc(C(C)(C)NC(=O)Nc2ccc3ccccc3c2)c1. The van der Waals surface area contributed by atoms with Crippen LogP contribution < -0.4 is 10.6 Å². The summed E-state index contributed by atoms with van der Waals surface area (Å²) in [5, 5.41) is 11.1. The third kappa shape index (κ3) is 4.31. The van der Waals surface area contributed by atoms with Crippen LogP contribution in [0.5, 0.6) is 0 Å². The van der Waals surface area contributed by atoms with Gasteiger partial charge in [-0.3, -0.25) is 0 Å². The molecule has 2 amide bonds. The number of carbonyl (C=O) groups excluding carboxylic acids is 1. The van der Waals surface area contributed by atoms with Crippen LogP contribution in [0, 0.1) is 4.91 Å². The van der Waals surface area contributed by atoms with Crippen molar-refractivity contribution >= 4 is 22.5 Å². The molecule has 0 radical (unpaired) electrons. The largest absolute Gasteiger partial charge is 0.329 e. The lowest BCUT2D eigenvalue weighted by Crippen LogP contribution is -2.43. The quantitative estimate of drug-likeness (QED) is 0.570. The third-order valence-electron chi connectivity index (χ3n) is 4.68. The molecule has 3 rings (SSSR count). The molecule has 2 N–H and O–H groups in total. The van der Waals surface area contributed by atoms with Crippen molar-refractivity contribution in [1.82, 2.24) is 5.32 Å². The van der Waals surface area contributed by atoms with Crippen molar-refractivity contribution in [2.75, 3.05) is 5.32 Å². The van der Waals surface area contributed by atoms with Gasteiger partial charge in [-0.1, -0.05) is 59.8 Å². The Morgan fingerprint density at radius 2 is 1.70 bits per heavy atom. The molecular formula is C22H23N3O2. The topological polar surface area (TPSA) is 70.6 Å². The molecule has 3 aromatic rings. The van der Waals surface area contributed by atoms with Crippen molar-refractivity contribution in [3.63, 3.8) is 0 Å². The zero-order chi connectivity index (χ0) is 19.4. The van der Waals surface area contributed by atoms with E-state index < -0.39 is 11.6 Å². The summed E-state index contributed by atoms with van der Waals surface area (Å²) in [6, 6.07) is 20.7. The summed E-state index contributed by atoms with van der Waals surface area (Å²) < 4.78 is 0. The van der Waals surface area contributed by atoms with Gasteiger partial charge in [0.1, 0.15) is 6.04 Å². The molecule has 0 saturated heterocycles. The molecule has 0 bridgehead atoms. The zero-order valence-corrected chi connectivity index (χ0v) is 15.7. The second-order valence-electron chi connectivity index (χ2n) is 7.17. The number of fused-ring (bicyclic) bond motifs is 1. The maximum absolute atomic E-state index is 12.5. The van der Waals surface area contributed by atoms with Gasteiger partial charge in [0.15, 0.2) is 0 Å². The Balaban J connectivity index is 1.74. The Bertz CT molecular complexity index is 982. The normalized spacial score (nSPS) is 12.4. The van der Waals surface area contributed by atoms with Gasteiger partial charge in [-0.25, -0.2) is 4.79 Å². The monoisotopic (exact) mass is 361 g/mol. The molecule has 5 heteroatoms. The van der Waals surface area contributed by atoms with Crippen molar-refractivity contribution in [3.05, 3.63) is 82.8 Å². The molecule has 5 nitrogen and oxygen atoms in total. The highest BCUT2D eigenvalue weighted by atomic mass is 16.3. The minimum absolute atomic E-state index is 0.290. The van der Waals surface area contributed by atoms with E-state index in [0.717, 1.165) is 27.6 Å². The second-order valence-corrected chi connectivity index (χ2v) is 7.17. The number of rotatable bonds is 5. The molecule has 3 aromatic carbocycles. The first-order valence-corrected chi connectivity index (χ1v) is 8.90. The Morgan fingerprint density at radius 3 is 2.44 bits per heavy atom. The average Bonchev–Trinajstić information content (AvgIpc) is 2.67. The minimum atomic E-state index is -0.612. The number of hydrogen-bond acceptors (Lipinski definition) is 3. The molecule has 0 aliphatic rings. The molecule has 0 heterocycles. The smallest absolute Gasteiger partial charge is 0.319 e. The van der Waals surface area contributed by atoms with Gasteiger partial charge in [0.25, 0.3) is 0 Å². The molecule has 1 unspecified atom stereocenters. The summed E-state index contributed by atoms with van der Waals surface area (Å²) in [6.45, 7) is 5.59. The lowest BCUT2D eigenvalue weighted by Gasteiger charge is -2.27. The van der Waals surface area contributed by atoms with Crippen LogP contribution in [0.15, 0.2) is 71.9 Å². The van der Waals surface area contributed by atoms with Gasteiger partial charge in [-0.15, -0.1) is 0 Å². The number of nitrogens with zero attached hydrogens (tertiary/aromatic N) is 1. The van der Waals surface area contributed by atoms with Gasteiger partial charge < -0.3 is 10.6 Å². The number of carbonyl (C=O) groups is 1. The lowest BCUT2D eigenvalue weighted by molar-refractivity contribution is 0.242. The maximum atomic E-state index is 12.5. The number of amides is 2. The zero-order valence-electron chi connectivity index (χ0n) is 15.7. The molecule has 138 valence electrons. The fraction of sp³-hybridized carbons (Fsp3) is 0.227. The Labute approximate surface area is 158 Å². The number of hydrogen-bond donors (Lipinski definition) is 2.